The van der Waals surface area contributed by atoms with Crippen molar-refractivity contribution in [3.8, 4) is 0 Å². The van der Waals surface area contributed by atoms with E-state index in [1.54, 1.807) is 18.4 Å². The van der Waals surface area contributed by atoms with Gasteiger partial charge in [0.05, 0.1) is 11.8 Å². The number of anilines is 1. The minimum absolute atomic E-state index is 0.0873. The maximum atomic E-state index is 11.8. The zero-order chi connectivity index (χ0) is 11.0. The Morgan fingerprint density at radius 2 is 1.94 bits per heavy atom. The van der Waals surface area contributed by atoms with Crippen LogP contribution in [0.15, 0.2) is 47.1 Å². The molecule has 0 saturated heterocycles. The zero-order valence-corrected chi connectivity index (χ0v) is 8.44. The molecule has 1 aliphatic rings. The summed E-state index contributed by atoms with van der Waals surface area (Å²) < 4.78 is 5.26. The number of carbonyl (C=O) groups excluding carboxylic acids is 1. The molecule has 0 fully saturated rings. The fourth-order valence-electron chi connectivity index (χ4n) is 1.81. The quantitative estimate of drug-likeness (QED) is 0.764. The molecule has 1 aliphatic heterocycles. The molecule has 16 heavy (non-hydrogen) atoms. The van der Waals surface area contributed by atoms with Gasteiger partial charge < -0.3 is 15.1 Å². The van der Waals surface area contributed by atoms with Crippen molar-refractivity contribution in [1.29, 1.82) is 0 Å². The Labute approximate surface area is 92.3 Å². The zero-order valence-electron chi connectivity index (χ0n) is 8.44. The lowest BCUT2D eigenvalue weighted by Gasteiger charge is -2.26. The number of hydrogen-bond donors (Lipinski definition) is 2. The molecule has 2 aromatic rings. The van der Waals surface area contributed by atoms with Crippen LogP contribution in [0, 0.1) is 0 Å². The highest BCUT2D eigenvalue weighted by molar-refractivity contribution is 6.01. The van der Waals surface area contributed by atoms with E-state index in [2.05, 4.69) is 10.6 Å². The van der Waals surface area contributed by atoms with Gasteiger partial charge in [0, 0.05) is 5.69 Å². The molecule has 0 radical (unpaired) electrons. The Morgan fingerprint density at radius 3 is 2.75 bits per heavy atom. The second-order valence-electron chi connectivity index (χ2n) is 3.61. The van der Waals surface area contributed by atoms with E-state index in [0.717, 1.165) is 5.69 Å². The molecule has 0 saturated carbocycles. The number of nitrogens with one attached hydrogen (secondary N) is 2. The Kier molecular flexibility index (Phi) is 1.93. The first-order valence-corrected chi connectivity index (χ1v) is 5.04. The van der Waals surface area contributed by atoms with Gasteiger partial charge in [-0.25, -0.2) is 0 Å². The number of rotatable bonds is 1. The molecule has 1 atom stereocenters. The van der Waals surface area contributed by atoms with Crippen LogP contribution in [0.4, 0.5) is 5.69 Å². The fourth-order valence-corrected chi connectivity index (χ4v) is 1.81. The molecule has 1 aromatic heterocycles. The van der Waals surface area contributed by atoms with E-state index in [9.17, 15) is 4.79 Å². The van der Waals surface area contributed by atoms with Crippen LogP contribution in [0.25, 0.3) is 0 Å². The monoisotopic (exact) mass is 214 g/mol. The van der Waals surface area contributed by atoms with E-state index in [1.807, 2.05) is 24.3 Å². The summed E-state index contributed by atoms with van der Waals surface area (Å²) in [6, 6.07) is 11.0. The first-order chi connectivity index (χ1) is 7.84. The topological polar surface area (TPSA) is 54.3 Å². The highest BCUT2D eigenvalue weighted by Crippen LogP contribution is 2.26. The SMILES string of the molecule is O=C1N[C@@H](c2ccco2)Nc2ccccc21. The molecule has 2 heterocycles. The second-order valence-corrected chi connectivity index (χ2v) is 3.61. The predicted octanol–water partition coefficient (Wildman–Crippen LogP) is 2.13. The molecule has 4 heteroatoms. The second kappa shape index (κ2) is 3.41. The summed E-state index contributed by atoms with van der Waals surface area (Å²) >= 11 is 0. The summed E-state index contributed by atoms with van der Waals surface area (Å²) in [4.78, 5) is 11.8. The van der Waals surface area contributed by atoms with E-state index in [1.165, 1.54) is 0 Å². The molecule has 0 aliphatic carbocycles. The first-order valence-electron chi connectivity index (χ1n) is 5.04. The highest BCUT2D eigenvalue weighted by atomic mass is 16.3. The lowest BCUT2D eigenvalue weighted by molar-refractivity contribution is 0.0931. The van der Waals surface area contributed by atoms with E-state index in [0.29, 0.717) is 11.3 Å². The van der Waals surface area contributed by atoms with Crippen LogP contribution in [-0.4, -0.2) is 5.91 Å². The Bertz CT molecular complexity index is 520. The summed E-state index contributed by atoms with van der Waals surface area (Å²) in [6.45, 7) is 0. The van der Waals surface area contributed by atoms with Gasteiger partial charge in [-0.1, -0.05) is 12.1 Å². The Hall–Kier alpha value is -2.23. The van der Waals surface area contributed by atoms with Gasteiger partial charge in [0.1, 0.15) is 5.76 Å². The number of amides is 1. The maximum absolute atomic E-state index is 11.8. The van der Waals surface area contributed by atoms with Gasteiger partial charge in [-0.2, -0.15) is 0 Å². The number of para-hydroxylation sites is 1. The van der Waals surface area contributed by atoms with Crippen molar-refractivity contribution in [2.75, 3.05) is 5.32 Å². The van der Waals surface area contributed by atoms with E-state index in [-0.39, 0.29) is 12.1 Å². The lowest BCUT2D eigenvalue weighted by atomic mass is 10.1. The average Bonchev–Trinajstić information content (AvgIpc) is 2.82. The van der Waals surface area contributed by atoms with Crippen molar-refractivity contribution in [3.63, 3.8) is 0 Å². The average molecular weight is 214 g/mol. The normalized spacial score (nSPS) is 18.5. The molecule has 0 unspecified atom stereocenters. The third-order valence-electron chi connectivity index (χ3n) is 2.57. The smallest absolute Gasteiger partial charge is 0.255 e. The minimum Gasteiger partial charge on any atom is -0.465 e. The van der Waals surface area contributed by atoms with Gasteiger partial charge in [-0.3, -0.25) is 4.79 Å². The van der Waals surface area contributed by atoms with Crippen molar-refractivity contribution in [2.24, 2.45) is 0 Å². The van der Waals surface area contributed by atoms with Gasteiger partial charge in [0.25, 0.3) is 5.91 Å². The molecule has 4 nitrogen and oxygen atoms in total. The van der Waals surface area contributed by atoms with Crippen LogP contribution in [0.5, 0.6) is 0 Å². The molecule has 1 amide bonds. The van der Waals surface area contributed by atoms with Gasteiger partial charge in [0.15, 0.2) is 6.17 Å². The summed E-state index contributed by atoms with van der Waals surface area (Å²) in [5.74, 6) is 0.610. The van der Waals surface area contributed by atoms with Crippen LogP contribution in [0.1, 0.15) is 22.3 Å². The summed E-state index contributed by atoms with van der Waals surface area (Å²) in [5.41, 5.74) is 1.48. The van der Waals surface area contributed by atoms with Gasteiger partial charge >= 0.3 is 0 Å². The van der Waals surface area contributed by atoms with Crippen LogP contribution >= 0.6 is 0 Å². The minimum atomic E-state index is -0.294. The number of hydrogen-bond acceptors (Lipinski definition) is 3. The van der Waals surface area contributed by atoms with Gasteiger partial charge in [0.2, 0.25) is 0 Å². The molecule has 80 valence electrons. The van der Waals surface area contributed by atoms with E-state index in [4.69, 9.17) is 4.42 Å². The van der Waals surface area contributed by atoms with Crippen LogP contribution in [-0.2, 0) is 0 Å². The standard InChI is InChI=1S/C12H10N2O2/c15-12-8-4-1-2-5-9(8)13-11(14-12)10-6-3-7-16-10/h1-7,11,13H,(H,14,15)/t11-/m0/s1. The van der Waals surface area contributed by atoms with Crippen molar-refractivity contribution in [1.82, 2.24) is 5.32 Å². The fraction of sp³-hybridized carbons (Fsp3) is 0.0833. The van der Waals surface area contributed by atoms with Crippen molar-refractivity contribution >= 4 is 11.6 Å². The summed E-state index contributed by atoms with van der Waals surface area (Å²) in [7, 11) is 0. The summed E-state index contributed by atoms with van der Waals surface area (Å²) in [5, 5.41) is 6.04. The van der Waals surface area contributed by atoms with Crippen molar-refractivity contribution < 1.29 is 9.21 Å². The molecule has 0 bridgehead atoms. The Morgan fingerprint density at radius 1 is 1.06 bits per heavy atom. The first kappa shape index (κ1) is 9.03. The van der Waals surface area contributed by atoms with Gasteiger partial charge in [-0.15, -0.1) is 0 Å². The Balaban J connectivity index is 1.98. The van der Waals surface area contributed by atoms with Crippen molar-refractivity contribution in [3.05, 3.63) is 54.0 Å². The van der Waals surface area contributed by atoms with Crippen LogP contribution in [0.2, 0.25) is 0 Å². The molecule has 1 aromatic carbocycles. The number of carbonyl (C=O) groups is 1. The molecular weight excluding hydrogens is 204 g/mol. The van der Waals surface area contributed by atoms with Crippen LogP contribution in [0.3, 0.4) is 0 Å². The number of benzene rings is 1. The number of fused-ring (bicyclic) bond motifs is 1. The highest BCUT2D eigenvalue weighted by Gasteiger charge is 2.25. The van der Waals surface area contributed by atoms with Crippen LogP contribution < -0.4 is 10.6 Å². The molecule has 2 N–H and O–H groups in total. The van der Waals surface area contributed by atoms with E-state index < -0.39 is 0 Å². The molecule has 3 rings (SSSR count). The lowest BCUT2D eigenvalue weighted by Crippen LogP contribution is -2.38. The molecule has 0 spiro atoms. The van der Waals surface area contributed by atoms with Gasteiger partial charge in [-0.05, 0) is 24.3 Å². The molecular formula is C12H10N2O2. The number of furan rings is 1. The van der Waals surface area contributed by atoms with E-state index >= 15 is 0 Å². The largest absolute Gasteiger partial charge is 0.465 e. The predicted molar refractivity (Wildman–Crippen MR) is 59.0 cm³/mol. The third-order valence-corrected chi connectivity index (χ3v) is 2.57. The van der Waals surface area contributed by atoms with Crippen molar-refractivity contribution in [2.45, 2.75) is 6.17 Å². The summed E-state index contributed by atoms with van der Waals surface area (Å²) in [6.07, 6.45) is 1.29. The maximum Gasteiger partial charge on any atom is 0.255 e. The third kappa shape index (κ3) is 1.35.